The Labute approximate surface area is 119 Å². The van der Waals surface area contributed by atoms with Gasteiger partial charge in [0.25, 0.3) is 0 Å². The van der Waals surface area contributed by atoms with Gasteiger partial charge < -0.3 is 4.74 Å². The van der Waals surface area contributed by atoms with Crippen LogP contribution < -0.4 is 4.74 Å². The smallest absolute Gasteiger partial charge is 0.150 e. The minimum absolute atomic E-state index is 0.450. The topological polar surface area (TPSA) is 26.3 Å². The van der Waals surface area contributed by atoms with Gasteiger partial charge in [-0.1, -0.05) is 55.8 Å². The monoisotopic (exact) mass is 276 g/mol. The molecule has 0 amide bonds. The molecule has 0 aliphatic rings. The third-order valence-corrected chi connectivity index (χ3v) is 2.62. The van der Waals surface area contributed by atoms with E-state index in [1.807, 2.05) is 44.2 Å². The third kappa shape index (κ3) is 4.76. The Balaban J connectivity index is 0.000000861. The summed E-state index contributed by atoms with van der Waals surface area (Å²) in [5, 5.41) is 0.450. The number of carbonyl (C=O) groups excluding carboxylic acids is 1. The quantitative estimate of drug-likeness (QED) is 0.753. The van der Waals surface area contributed by atoms with Crippen molar-refractivity contribution in [2.45, 2.75) is 20.5 Å². The second-order valence-corrected chi connectivity index (χ2v) is 3.99. The summed E-state index contributed by atoms with van der Waals surface area (Å²) in [6.45, 7) is 4.46. The van der Waals surface area contributed by atoms with Crippen LogP contribution in [0.25, 0.3) is 0 Å². The lowest BCUT2D eigenvalue weighted by atomic mass is 10.2. The molecule has 19 heavy (non-hydrogen) atoms. The first-order chi connectivity index (χ1) is 9.29. The highest BCUT2D eigenvalue weighted by atomic mass is 35.5. The summed E-state index contributed by atoms with van der Waals surface area (Å²) >= 11 is 5.99. The molecule has 0 fully saturated rings. The number of hydrogen-bond donors (Lipinski definition) is 0. The van der Waals surface area contributed by atoms with Crippen molar-refractivity contribution in [1.82, 2.24) is 0 Å². The number of aldehydes is 1. The van der Waals surface area contributed by atoms with Gasteiger partial charge in [-0.15, -0.1) is 0 Å². The molecule has 0 aliphatic heterocycles. The number of hydrogen-bond acceptors (Lipinski definition) is 2. The highest BCUT2D eigenvalue weighted by Gasteiger charge is 2.03. The van der Waals surface area contributed by atoms with Gasteiger partial charge in [-0.25, -0.2) is 0 Å². The van der Waals surface area contributed by atoms with Gasteiger partial charge in [0.05, 0.1) is 5.02 Å². The summed E-state index contributed by atoms with van der Waals surface area (Å²) in [4.78, 5) is 10.5. The lowest BCUT2D eigenvalue weighted by Gasteiger charge is -2.08. The number of ether oxygens (including phenoxy) is 1. The van der Waals surface area contributed by atoms with Crippen LogP contribution in [0, 0.1) is 0 Å². The second kappa shape index (κ2) is 8.33. The van der Waals surface area contributed by atoms with Crippen LogP contribution in [0.15, 0.2) is 48.5 Å². The minimum Gasteiger partial charge on any atom is -0.487 e. The molecule has 0 atom stereocenters. The largest absolute Gasteiger partial charge is 0.487 e. The van der Waals surface area contributed by atoms with Crippen LogP contribution in [0.1, 0.15) is 29.8 Å². The lowest BCUT2D eigenvalue weighted by Crippen LogP contribution is -1.96. The molecule has 2 rings (SSSR count). The van der Waals surface area contributed by atoms with E-state index in [1.54, 1.807) is 18.2 Å². The maximum Gasteiger partial charge on any atom is 0.150 e. The molecule has 0 unspecified atom stereocenters. The van der Waals surface area contributed by atoms with Crippen molar-refractivity contribution in [2.75, 3.05) is 0 Å². The van der Waals surface area contributed by atoms with E-state index in [0.29, 0.717) is 22.9 Å². The van der Waals surface area contributed by atoms with E-state index in [0.717, 1.165) is 11.8 Å². The van der Waals surface area contributed by atoms with E-state index in [2.05, 4.69) is 0 Å². The Morgan fingerprint density at radius 1 is 1.11 bits per heavy atom. The third-order valence-electron chi connectivity index (χ3n) is 2.33. The zero-order valence-corrected chi connectivity index (χ0v) is 11.9. The lowest BCUT2D eigenvalue weighted by molar-refractivity contribution is 0.112. The number of carbonyl (C=O) groups is 1. The Morgan fingerprint density at radius 2 is 1.79 bits per heavy atom. The van der Waals surface area contributed by atoms with Gasteiger partial charge in [0.15, 0.2) is 0 Å². The molecule has 0 saturated heterocycles. The van der Waals surface area contributed by atoms with Crippen LogP contribution in [0.2, 0.25) is 5.02 Å². The molecule has 0 aliphatic carbocycles. The molecule has 0 aromatic heterocycles. The fraction of sp³-hybridized carbons (Fsp3) is 0.188. The molecule has 3 heteroatoms. The maximum absolute atomic E-state index is 10.5. The normalized spacial score (nSPS) is 9.21. The van der Waals surface area contributed by atoms with E-state index in [4.69, 9.17) is 16.3 Å². The van der Waals surface area contributed by atoms with Gasteiger partial charge in [0.2, 0.25) is 0 Å². The van der Waals surface area contributed by atoms with Crippen molar-refractivity contribution in [1.29, 1.82) is 0 Å². The molecular formula is C16H17ClO2. The van der Waals surface area contributed by atoms with Gasteiger partial charge >= 0.3 is 0 Å². The predicted octanol–water partition coefficient (Wildman–Crippen LogP) is 4.76. The molecule has 100 valence electrons. The summed E-state index contributed by atoms with van der Waals surface area (Å²) in [5.74, 6) is 0.584. The summed E-state index contributed by atoms with van der Waals surface area (Å²) in [7, 11) is 0. The molecule has 2 aromatic carbocycles. The summed E-state index contributed by atoms with van der Waals surface area (Å²) in [6, 6.07) is 14.8. The van der Waals surface area contributed by atoms with Crippen molar-refractivity contribution in [3.8, 4) is 5.75 Å². The standard InChI is InChI=1S/C14H11ClO2.C2H6/c15-13-8-12(9-16)6-7-14(13)17-10-11-4-2-1-3-5-11;1-2/h1-9H,10H2;1-2H3. The number of halogens is 1. The molecule has 0 N–H and O–H groups in total. The van der Waals surface area contributed by atoms with Crippen molar-refractivity contribution in [3.63, 3.8) is 0 Å². The van der Waals surface area contributed by atoms with Crippen LogP contribution in [0.3, 0.4) is 0 Å². The van der Waals surface area contributed by atoms with E-state index in [1.165, 1.54) is 0 Å². The van der Waals surface area contributed by atoms with E-state index < -0.39 is 0 Å². The summed E-state index contributed by atoms with van der Waals surface area (Å²) in [5.41, 5.74) is 1.62. The molecule has 0 saturated carbocycles. The fourth-order valence-electron chi connectivity index (χ4n) is 1.44. The van der Waals surface area contributed by atoms with Gasteiger partial charge in [0, 0.05) is 5.56 Å². The fourth-order valence-corrected chi connectivity index (χ4v) is 1.69. The highest BCUT2D eigenvalue weighted by molar-refractivity contribution is 6.32. The van der Waals surface area contributed by atoms with Gasteiger partial charge in [-0.3, -0.25) is 4.79 Å². The highest BCUT2D eigenvalue weighted by Crippen LogP contribution is 2.25. The van der Waals surface area contributed by atoms with Gasteiger partial charge in [-0.2, -0.15) is 0 Å². The Bertz CT molecular complexity index is 509. The number of rotatable bonds is 4. The Hall–Kier alpha value is -1.80. The van der Waals surface area contributed by atoms with Gasteiger partial charge in [-0.05, 0) is 23.8 Å². The zero-order valence-electron chi connectivity index (χ0n) is 11.1. The van der Waals surface area contributed by atoms with Crippen LogP contribution in [-0.2, 0) is 6.61 Å². The van der Waals surface area contributed by atoms with Crippen LogP contribution in [0.4, 0.5) is 0 Å². The first kappa shape index (κ1) is 15.3. The summed E-state index contributed by atoms with van der Waals surface area (Å²) < 4.78 is 5.57. The van der Waals surface area contributed by atoms with Crippen LogP contribution in [-0.4, -0.2) is 6.29 Å². The van der Waals surface area contributed by atoms with E-state index in [9.17, 15) is 4.79 Å². The summed E-state index contributed by atoms with van der Waals surface area (Å²) in [6.07, 6.45) is 0.757. The molecule has 2 aromatic rings. The molecule has 2 nitrogen and oxygen atoms in total. The molecule has 0 spiro atoms. The zero-order chi connectivity index (χ0) is 14.1. The van der Waals surface area contributed by atoms with Crippen molar-refractivity contribution < 1.29 is 9.53 Å². The van der Waals surface area contributed by atoms with Crippen molar-refractivity contribution in [2.24, 2.45) is 0 Å². The molecule has 0 heterocycles. The first-order valence-electron chi connectivity index (χ1n) is 6.21. The second-order valence-electron chi connectivity index (χ2n) is 3.58. The minimum atomic E-state index is 0.450. The van der Waals surface area contributed by atoms with Crippen molar-refractivity contribution >= 4 is 17.9 Å². The Morgan fingerprint density at radius 3 is 2.37 bits per heavy atom. The Kier molecular flexibility index (Phi) is 6.69. The molecular weight excluding hydrogens is 260 g/mol. The van der Waals surface area contributed by atoms with E-state index in [-0.39, 0.29) is 0 Å². The SMILES string of the molecule is CC.O=Cc1ccc(OCc2ccccc2)c(Cl)c1. The predicted molar refractivity (Wildman–Crippen MR) is 79.0 cm³/mol. The van der Waals surface area contributed by atoms with Crippen molar-refractivity contribution in [3.05, 3.63) is 64.7 Å². The van der Waals surface area contributed by atoms with Gasteiger partial charge in [0.1, 0.15) is 18.6 Å². The molecule has 0 radical (unpaired) electrons. The molecule has 0 bridgehead atoms. The maximum atomic E-state index is 10.5. The number of benzene rings is 2. The average Bonchev–Trinajstić information content (AvgIpc) is 2.49. The van der Waals surface area contributed by atoms with Crippen LogP contribution >= 0.6 is 11.6 Å². The van der Waals surface area contributed by atoms with E-state index >= 15 is 0 Å². The average molecular weight is 277 g/mol. The first-order valence-corrected chi connectivity index (χ1v) is 6.59. The van der Waals surface area contributed by atoms with Crippen LogP contribution in [0.5, 0.6) is 5.75 Å².